The first-order valence-electron chi connectivity index (χ1n) is 3.59. The van der Waals surface area contributed by atoms with Gasteiger partial charge in [0.05, 0.1) is 17.8 Å². The number of aromatic nitrogens is 1. The number of nitrogens with zero attached hydrogens (tertiary/aromatic N) is 2. The lowest BCUT2D eigenvalue weighted by molar-refractivity contribution is -0.490. The molecule has 0 fully saturated rings. The molecule has 7 nitrogen and oxygen atoms in total. The monoisotopic (exact) mass is 197 g/mol. The zero-order valence-electron chi connectivity index (χ0n) is 7.26. The van der Waals surface area contributed by atoms with Crippen molar-refractivity contribution in [3.63, 3.8) is 0 Å². The third kappa shape index (κ3) is 2.41. The number of aromatic amines is 1. The molecule has 0 atom stereocenters. The second-order valence-electron chi connectivity index (χ2n) is 2.29. The van der Waals surface area contributed by atoms with E-state index in [9.17, 15) is 14.9 Å². The number of esters is 1. The molecule has 1 heterocycles. The van der Waals surface area contributed by atoms with E-state index in [2.05, 4.69) is 14.8 Å². The Labute approximate surface area is 78.2 Å². The molecule has 0 saturated heterocycles. The third-order valence-corrected chi connectivity index (χ3v) is 1.41. The molecule has 1 aromatic rings. The van der Waals surface area contributed by atoms with Crippen LogP contribution in [0, 0.1) is 10.1 Å². The minimum atomic E-state index is -0.830. The van der Waals surface area contributed by atoms with E-state index in [-0.39, 0.29) is 11.1 Å². The Bertz CT molecular complexity index is 403. The van der Waals surface area contributed by atoms with Crippen molar-refractivity contribution in [1.82, 2.24) is 4.98 Å². The molecule has 0 amide bonds. The number of carbonyl (C=O) groups is 1. The van der Waals surface area contributed by atoms with Crippen LogP contribution >= 0.6 is 0 Å². The zero-order valence-corrected chi connectivity index (χ0v) is 7.26. The summed E-state index contributed by atoms with van der Waals surface area (Å²) in [6.07, 6.45) is 1.29. The molecule has 0 aliphatic heterocycles. The molecule has 0 bridgehead atoms. The van der Waals surface area contributed by atoms with E-state index in [0.717, 1.165) is 0 Å². The second kappa shape index (κ2) is 4.17. The topological polar surface area (TPSA) is 97.6 Å². The zero-order chi connectivity index (χ0) is 10.6. The Morgan fingerprint density at radius 3 is 2.79 bits per heavy atom. The molecule has 0 spiro atoms. The van der Waals surface area contributed by atoms with Crippen molar-refractivity contribution in [2.24, 2.45) is 5.10 Å². The van der Waals surface area contributed by atoms with Crippen LogP contribution in [0.15, 0.2) is 23.4 Å². The summed E-state index contributed by atoms with van der Waals surface area (Å²) >= 11 is 0. The first kappa shape index (κ1) is 9.90. The molecule has 0 radical (unpaired) electrons. The lowest BCUT2D eigenvalue weighted by atomic mass is 10.3. The summed E-state index contributed by atoms with van der Waals surface area (Å²) in [7, 11) is 1.25. The SMILES string of the molecule is COC(=O)c1ccc(=N[N+](=O)[O-])[nH]c1. The molecular weight excluding hydrogens is 190 g/mol. The predicted octanol–water partition coefficient (Wildman–Crippen LogP) is -0.106. The van der Waals surface area contributed by atoms with E-state index in [1.807, 2.05) is 0 Å². The van der Waals surface area contributed by atoms with Crippen LogP contribution in [0.5, 0.6) is 0 Å². The van der Waals surface area contributed by atoms with Gasteiger partial charge in [-0.25, -0.2) is 14.9 Å². The summed E-state index contributed by atoms with van der Waals surface area (Å²) in [5.41, 5.74) is 0.331. The van der Waals surface area contributed by atoms with Gasteiger partial charge in [-0.1, -0.05) is 0 Å². The Morgan fingerprint density at radius 2 is 2.36 bits per heavy atom. The highest BCUT2D eigenvalue weighted by Gasteiger charge is 2.03. The number of hydrogen-bond acceptors (Lipinski definition) is 4. The second-order valence-corrected chi connectivity index (χ2v) is 2.29. The van der Waals surface area contributed by atoms with Gasteiger partial charge in [0, 0.05) is 6.20 Å². The smallest absolute Gasteiger partial charge is 0.339 e. The van der Waals surface area contributed by atoms with Gasteiger partial charge in [-0.2, -0.15) is 0 Å². The van der Waals surface area contributed by atoms with Crippen molar-refractivity contribution >= 4 is 5.97 Å². The predicted molar refractivity (Wildman–Crippen MR) is 44.7 cm³/mol. The summed E-state index contributed by atoms with van der Waals surface area (Å²) < 4.78 is 4.43. The number of nitro groups is 1. The number of H-pyrrole nitrogens is 1. The van der Waals surface area contributed by atoms with Crippen molar-refractivity contribution < 1.29 is 14.6 Å². The fourth-order valence-electron chi connectivity index (χ4n) is 0.812. The summed E-state index contributed by atoms with van der Waals surface area (Å²) in [6, 6.07) is 2.69. The molecule has 1 aromatic heterocycles. The first-order valence-corrected chi connectivity index (χ1v) is 3.59. The molecule has 0 aliphatic carbocycles. The highest BCUT2D eigenvalue weighted by atomic mass is 16.7. The van der Waals surface area contributed by atoms with Crippen LogP contribution in [-0.2, 0) is 4.74 Å². The number of hydrogen-bond donors (Lipinski definition) is 1. The average Bonchev–Trinajstić information content (AvgIpc) is 2.17. The van der Waals surface area contributed by atoms with E-state index in [1.165, 1.54) is 25.4 Å². The summed E-state index contributed by atoms with van der Waals surface area (Å²) in [5.74, 6) is -0.520. The highest BCUT2D eigenvalue weighted by Crippen LogP contribution is 1.94. The van der Waals surface area contributed by atoms with Gasteiger partial charge in [0.1, 0.15) is 0 Å². The Hall–Kier alpha value is -2.18. The molecule has 74 valence electrons. The van der Waals surface area contributed by atoms with E-state index < -0.39 is 11.0 Å². The molecule has 0 aromatic carbocycles. The maximum atomic E-state index is 10.9. The Morgan fingerprint density at radius 1 is 1.64 bits per heavy atom. The molecule has 1 N–H and O–H groups in total. The summed E-state index contributed by atoms with van der Waals surface area (Å²) in [5, 5.41) is 12.1. The lowest BCUT2D eigenvalue weighted by Crippen LogP contribution is -2.11. The number of rotatable bonds is 2. The third-order valence-electron chi connectivity index (χ3n) is 1.41. The average molecular weight is 197 g/mol. The number of ether oxygens (including phenoxy) is 1. The molecule has 0 unspecified atom stereocenters. The van der Waals surface area contributed by atoms with Crippen molar-refractivity contribution in [3.05, 3.63) is 39.5 Å². The fraction of sp³-hybridized carbons (Fsp3) is 0.143. The van der Waals surface area contributed by atoms with E-state index in [1.54, 1.807) is 0 Å². The van der Waals surface area contributed by atoms with Gasteiger partial charge in [-0.15, -0.1) is 0 Å². The molecule has 1 rings (SSSR count). The molecule has 7 heteroatoms. The van der Waals surface area contributed by atoms with Gasteiger partial charge in [0.2, 0.25) is 5.49 Å². The summed E-state index contributed by atoms with van der Waals surface area (Å²) in [6.45, 7) is 0. The molecule has 14 heavy (non-hydrogen) atoms. The van der Waals surface area contributed by atoms with Crippen molar-refractivity contribution in [1.29, 1.82) is 0 Å². The maximum absolute atomic E-state index is 10.9. The Balaban J connectivity index is 3.00. The van der Waals surface area contributed by atoms with Gasteiger partial charge < -0.3 is 9.72 Å². The van der Waals surface area contributed by atoms with E-state index in [4.69, 9.17) is 0 Å². The summed E-state index contributed by atoms with van der Waals surface area (Å²) in [4.78, 5) is 23.4. The molecule has 0 aliphatic rings. The first-order chi connectivity index (χ1) is 6.63. The standard InChI is InChI=1S/C7H7N3O4/c1-14-7(11)5-2-3-6(8-4-5)9-10(12)13/h2-4H,1H3,(H,8,9). The largest absolute Gasteiger partial charge is 0.465 e. The van der Waals surface area contributed by atoms with Crippen LogP contribution in [0.1, 0.15) is 10.4 Å². The van der Waals surface area contributed by atoms with E-state index in [0.29, 0.717) is 0 Å². The van der Waals surface area contributed by atoms with Crippen LogP contribution in [0.25, 0.3) is 0 Å². The van der Waals surface area contributed by atoms with Crippen LogP contribution in [-0.4, -0.2) is 23.1 Å². The van der Waals surface area contributed by atoms with Gasteiger partial charge in [-0.3, -0.25) is 0 Å². The van der Waals surface area contributed by atoms with Crippen LogP contribution < -0.4 is 5.49 Å². The van der Waals surface area contributed by atoms with Gasteiger partial charge in [0.15, 0.2) is 5.03 Å². The lowest BCUT2D eigenvalue weighted by Gasteiger charge is -1.96. The van der Waals surface area contributed by atoms with Gasteiger partial charge in [0.25, 0.3) is 0 Å². The van der Waals surface area contributed by atoms with Gasteiger partial charge >= 0.3 is 5.97 Å². The highest BCUT2D eigenvalue weighted by molar-refractivity contribution is 5.88. The molecule has 0 saturated carbocycles. The quantitative estimate of drug-likeness (QED) is 0.406. The van der Waals surface area contributed by atoms with Crippen LogP contribution in [0.4, 0.5) is 0 Å². The normalized spacial score (nSPS) is 11.1. The van der Waals surface area contributed by atoms with Crippen molar-refractivity contribution in [2.75, 3.05) is 7.11 Å². The molecular formula is C7H7N3O4. The minimum Gasteiger partial charge on any atom is -0.465 e. The van der Waals surface area contributed by atoms with E-state index >= 15 is 0 Å². The van der Waals surface area contributed by atoms with Crippen molar-refractivity contribution in [3.8, 4) is 0 Å². The minimum absolute atomic E-state index is 0.0580. The number of nitrogens with one attached hydrogen (secondary N) is 1. The number of methoxy groups -OCH3 is 1. The number of pyridine rings is 1. The fourth-order valence-corrected chi connectivity index (χ4v) is 0.812. The maximum Gasteiger partial charge on any atom is 0.339 e. The van der Waals surface area contributed by atoms with Crippen molar-refractivity contribution in [2.45, 2.75) is 0 Å². The van der Waals surface area contributed by atoms with Crippen LogP contribution in [0.2, 0.25) is 0 Å². The number of carbonyl (C=O) groups excluding carboxylic acids is 1. The Kier molecular flexibility index (Phi) is 2.95. The van der Waals surface area contributed by atoms with Crippen LogP contribution in [0.3, 0.4) is 0 Å². The van der Waals surface area contributed by atoms with Gasteiger partial charge in [-0.05, 0) is 12.1 Å².